The fraction of sp³-hybridized carbons (Fsp3) is 0.250. The number of rotatable bonds is 5. The van der Waals surface area contributed by atoms with Crippen LogP contribution in [0.5, 0.6) is 11.5 Å². The van der Waals surface area contributed by atoms with Gasteiger partial charge in [-0.25, -0.2) is 0 Å². The maximum absolute atomic E-state index is 6.20. The van der Waals surface area contributed by atoms with Crippen LogP contribution in [0.2, 0.25) is 5.02 Å². The van der Waals surface area contributed by atoms with Gasteiger partial charge in [-0.1, -0.05) is 23.7 Å². The third-order valence-corrected chi connectivity index (χ3v) is 3.49. The summed E-state index contributed by atoms with van der Waals surface area (Å²) in [5, 5.41) is 4.08. The Morgan fingerprint density at radius 3 is 2.55 bits per heavy atom. The van der Waals surface area contributed by atoms with Crippen LogP contribution in [0.3, 0.4) is 0 Å². The summed E-state index contributed by atoms with van der Waals surface area (Å²) in [6.07, 6.45) is 0. The van der Waals surface area contributed by atoms with Crippen LogP contribution in [0.15, 0.2) is 36.4 Å². The lowest BCUT2D eigenvalue weighted by atomic mass is 10.1. The SMILES string of the molecule is COc1ccc(CNc2c(C)cccc2Cl)c(OC)c1. The Morgan fingerprint density at radius 1 is 1.10 bits per heavy atom. The first-order valence-electron chi connectivity index (χ1n) is 6.35. The molecule has 0 radical (unpaired) electrons. The van der Waals surface area contributed by atoms with E-state index in [1.54, 1.807) is 14.2 Å². The van der Waals surface area contributed by atoms with Crippen molar-refractivity contribution >= 4 is 17.3 Å². The molecule has 0 saturated carbocycles. The molecular weight excluding hydrogens is 274 g/mol. The van der Waals surface area contributed by atoms with Crippen molar-refractivity contribution in [3.8, 4) is 11.5 Å². The van der Waals surface area contributed by atoms with Crippen LogP contribution in [0.4, 0.5) is 5.69 Å². The highest BCUT2D eigenvalue weighted by atomic mass is 35.5. The van der Waals surface area contributed by atoms with Gasteiger partial charge in [0.05, 0.1) is 24.9 Å². The summed E-state index contributed by atoms with van der Waals surface area (Å²) in [5.74, 6) is 1.57. The number of methoxy groups -OCH3 is 2. The van der Waals surface area contributed by atoms with Crippen molar-refractivity contribution in [2.75, 3.05) is 19.5 Å². The predicted octanol–water partition coefficient (Wildman–Crippen LogP) is 4.28. The van der Waals surface area contributed by atoms with E-state index >= 15 is 0 Å². The van der Waals surface area contributed by atoms with Gasteiger partial charge in [0.25, 0.3) is 0 Å². The molecule has 0 unspecified atom stereocenters. The maximum atomic E-state index is 6.20. The van der Waals surface area contributed by atoms with E-state index in [-0.39, 0.29) is 0 Å². The lowest BCUT2D eigenvalue weighted by Crippen LogP contribution is -2.03. The standard InChI is InChI=1S/C16H18ClNO2/c1-11-5-4-6-14(17)16(11)18-10-12-7-8-13(19-2)9-15(12)20-3/h4-9,18H,10H2,1-3H3. The Labute approximate surface area is 124 Å². The normalized spacial score (nSPS) is 10.2. The Morgan fingerprint density at radius 2 is 1.90 bits per heavy atom. The lowest BCUT2D eigenvalue weighted by molar-refractivity contribution is 0.391. The average Bonchev–Trinajstić information content (AvgIpc) is 2.46. The van der Waals surface area contributed by atoms with Gasteiger partial charge in [0.1, 0.15) is 11.5 Å². The van der Waals surface area contributed by atoms with Gasteiger partial charge in [-0.15, -0.1) is 0 Å². The molecule has 1 N–H and O–H groups in total. The van der Waals surface area contributed by atoms with Crippen LogP contribution in [-0.4, -0.2) is 14.2 Å². The molecule has 0 fully saturated rings. The minimum absolute atomic E-state index is 0.637. The minimum Gasteiger partial charge on any atom is -0.497 e. The number of hydrogen-bond acceptors (Lipinski definition) is 3. The van der Waals surface area contributed by atoms with E-state index in [9.17, 15) is 0 Å². The molecule has 0 saturated heterocycles. The van der Waals surface area contributed by atoms with E-state index in [1.165, 1.54) is 0 Å². The largest absolute Gasteiger partial charge is 0.497 e. The highest BCUT2D eigenvalue weighted by Gasteiger charge is 2.07. The van der Waals surface area contributed by atoms with Crippen molar-refractivity contribution in [1.29, 1.82) is 0 Å². The highest BCUT2D eigenvalue weighted by Crippen LogP contribution is 2.28. The predicted molar refractivity (Wildman–Crippen MR) is 83.1 cm³/mol. The second-order valence-electron chi connectivity index (χ2n) is 4.46. The van der Waals surface area contributed by atoms with Gasteiger partial charge < -0.3 is 14.8 Å². The molecule has 3 nitrogen and oxygen atoms in total. The molecule has 106 valence electrons. The average molecular weight is 292 g/mol. The van der Waals surface area contributed by atoms with Gasteiger partial charge in [-0.05, 0) is 30.7 Å². The van der Waals surface area contributed by atoms with E-state index < -0.39 is 0 Å². The van der Waals surface area contributed by atoms with Crippen molar-refractivity contribution in [1.82, 2.24) is 0 Å². The zero-order chi connectivity index (χ0) is 14.5. The third-order valence-electron chi connectivity index (χ3n) is 3.17. The summed E-state index contributed by atoms with van der Waals surface area (Å²) in [7, 11) is 3.29. The first-order valence-corrected chi connectivity index (χ1v) is 6.73. The van der Waals surface area contributed by atoms with Crippen LogP contribution >= 0.6 is 11.6 Å². The van der Waals surface area contributed by atoms with Crippen LogP contribution in [0.25, 0.3) is 0 Å². The van der Waals surface area contributed by atoms with E-state index in [4.69, 9.17) is 21.1 Å². The summed E-state index contributed by atoms with van der Waals surface area (Å²) in [6, 6.07) is 11.6. The highest BCUT2D eigenvalue weighted by molar-refractivity contribution is 6.33. The summed E-state index contributed by atoms with van der Waals surface area (Å²) < 4.78 is 10.6. The number of nitrogens with one attached hydrogen (secondary N) is 1. The van der Waals surface area contributed by atoms with E-state index in [1.807, 2.05) is 43.3 Å². The van der Waals surface area contributed by atoms with Crippen molar-refractivity contribution < 1.29 is 9.47 Å². The van der Waals surface area contributed by atoms with Crippen molar-refractivity contribution in [3.05, 3.63) is 52.5 Å². The van der Waals surface area contributed by atoms with Gasteiger partial charge in [-0.2, -0.15) is 0 Å². The number of ether oxygens (including phenoxy) is 2. The van der Waals surface area contributed by atoms with E-state index in [0.717, 1.165) is 33.3 Å². The number of para-hydroxylation sites is 1. The summed E-state index contributed by atoms with van der Waals surface area (Å²) in [5.41, 5.74) is 3.12. The maximum Gasteiger partial charge on any atom is 0.127 e. The summed E-state index contributed by atoms with van der Waals surface area (Å²) in [4.78, 5) is 0. The molecule has 0 bridgehead atoms. The Balaban J connectivity index is 2.19. The zero-order valence-corrected chi connectivity index (χ0v) is 12.6. The zero-order valence-electron chi connectivity index (χ0n) is 11.9. The molecule has 4 heteroatoms. The molecule has 0 aromatic heterocycles. The van der Waals surface area contributed by atoms with Gasteiger partial charge in [-0.3, -0.25) is 0 Å². The Bertz CT molecular complexity index is 579. The molecule has 0 spiro atoms. The van der Waals surface area contributed by atoms with Crippen LogP contribution in [-0.2, 0) is 6.54 Å². The second-order valence-corrected chi connectivity index (χ2v) is 4.87. The van der Waals surface area contributed by atoms with Gasteiger partial charge in [0.15, 0.2) is 0 Å². The van der Waals surface area contributed by atoms with Crippen LogP contribution < -0.4 is 14.8 Å². The molecule has 2 rings (SSSR count). The second kappa shape index (κ2) is 6.53. The first-order chi connectivity index (χ1) is 9.65. The molecule has 0 aliphatic heterocycles. The molecule has 0 atom stereocenters. The van der Waals surface area contributed by atoms with Crippen LogP contribution in [0.1, 0.15) is 11.1 Å². The Hall–Kier alpha value is -1.87. The molecule has 20 heavy (non-hydrogen) atoms. The molecule has 2 aromatic carbocycles. The summed E-state index contributed by atoms with van der Waals surface area (Å²) >= 11 is 6.20. The van der Waals surface area contributed by atoms with Crippen molar-refractivity contribution in [3.63, 3.8) is 0 Å². The fourth-order valence-corrected chi connectivity index (χ4v) is 2.33. The van der Waals surface area contributed by atoms with Gasteiger partial charge in [0, 0.05) is 18.2 Å². The van der Waals surface area contributed by atoms with Gasteiger partial charge >= 0.3 is 0 Å². The quantitative estimate of drug-likeness (QED) is 0.892. The molecule has 2 aromatic rings. The molecule has 0 amide bonds. The lowest BCUT2D eigenvalue weighted by Gasteiger charge is -2.14. The van der Waals surface area contributed by atoms with E-state index in [0.29, 0.717) is 6.54 Å². The van der Waals surface area contributed by atoms with E-state index in [2.05, 4.69) is 5.32 Å². The fourth-order valence-electron chi connectivity index (χ4n) is 2.04. The minimum atomic E-state index is 0.637. The van der Waals surface area contributed by atoms with Crippen LogP contribution in [0, 0.1) is 6.92 Å². The number of hydrogen-bond donors (Lipinski definition) is 1. The first kappa shape index (κ1) is 14.5. The summed E-state index contributed by atoms with van der Waals surface area (Å²) in [6.45, 7) is 2.66. The number of benzene rings is 2. The molecular formula is C16H18ClNO2. The van der Waals surface area contributed by atoms with Crippen molar-refractivity contribution in [2.24, 2.45) is 0 Å². The topological polar surface area (TPSA) is 30.5 Å². The third kappa shape index (κ3) is 3.17. The molecule has 0 heterocycles. The number of anilines is 1. The number of aryl methyl sites for hydroxylation is 1. The number of halogens is 1. The van der Waals surface area contributed by atoms with Gasteiger partial charge in [0.2, 0.25) is 0 Å². The Kier molecular flexibility index (Phi) is 4.74. The van der Waals surface area contributed by atoms with Crippen molar-refractivity contribution in [2.45, 2.75) is 13.5 Å². The molecule has 0 aliphatic rings. The smallest absolute Gasteiger partial charge is 0.127 e. The molecule has 0 aliphatic carbocycles. The monoisotopic (exact) mass is 291 g/mol.